The van der Waals surface area contributed by atoms with Gasteiger partial charge in [-0.05, 0) is 76.9 Å². The number of hydrogen-bond donors (Lipinski definition) is 1. The molecule has 4 aromatic rings. The van der Waals surface area contributed by atoms with Crippen LogP contribution in [0.3, 0.4) is 0 Å². The van der Waals surface area contributed by atoms with Crippen molar-refractivity contribution >= 4 is 22.5 Å². The Morgan fingerprint density at radius 1 is 1.14 bits per heavy atom. The van der Waals surface area contributed by atoms with E-state index in [1.54, 1.807) is 4.52 Å². The van der Waals surface area contributed by atoms with E-state index in [2.05, 4.69) is 68.4 Å². The second kappa shape index (κ2) is 9.87. The molecule has 2 fully saturated rings. The first-order valence-electron chi connectivity index (χ1n) is 13.4. The zero-order valence-electron chi connectivity index (χ0n) is 21.9. The Balaban J connectivity index is 1.23. The van der Waals surface area contributed by atoms with Crippen molar-refractivity contribution in [1.29, 1.82) is 0 Å². The van der Waals surface area contributed by atoms with Crippen molar-refractivity contribution in [2.24, 2.45) is 0 Å². The molecule has 2 aliphatic rings. The molecule has 0 spiro atoms. The summed E-state index contributed by atoms with van der Waals surface area (Å²) in [5.74, 6) is 1.07. The number of tetrazole rings is 1. The third-order valence-corrected chi connectivity index (χ3v) is 7.99. The number of carbonyl (C=O) groups excluding carboxylic acids is 1. The van der Waals surface area contributed by atoms with Crippen LogP contribution in [0.2, 0.25) is 0 Å². The monoisotopic (exact) mass is 501 g/mol. The molecule has 0 unspecified atom stereocenters. The number of aryl methyl sites for hydroxylation is 1. The highest BCUT2D eigenvalue weighted by atomic mass is 16.5. The molecule has 0 atom stereocenters. The highest BCUT2D eigenvalue weighted by Gasteiger charge is 2.26. The number of nitrogens with zero attached hydrogens (tertiary/aromatic N) is 6. The van der Waals surface area contributed by atoms with E-state index in [9.17, 15) is 4.79 Å². The van der Waals surface area contributed by atoms with Crippen molar-refractivity contribution in [1.82, 2.24) is 34.8 Å². The van der Waals surface area contributed by atoms with Crippen LogP contribution in [-0.2, 0) is 9.53 Å². The maximum atomic E-state index is 12.9. The fourth-order valence-corrected chi connectivity index (χ4v) is 5.97. The molecule has 9 nitrogen and oxygen atoms in total. The molecule has 1 N–H and O–H groups in total. The quantitative estimate of drug-likeness (QED) is 0.448. The fourth-order valence-electron chi connectivity index (χ4n) is 5.97. The Hall–Kier alpha value is -3.30. The summed E-state index contributed by atoms with van der Waals surface area (Å²) in [7, 11) is 0. The van der Waals surface area contributed by atoms with Crippen LogP contribution in [0.4, 0.5) is 0 Å². The molecule has 2 aliphatic heterocycles. The number of ether oxygens (including phenoxy) is 1. The lowest BCUT2D eigenvalue weighted by Gasteiger charge is -2.34. The molecule has 5 heterocycles. The van der Waals surface area contributed by atoms with Crippen molar-refractivity contribution in [3.8, 4) is 11.3 Å². The molecule has 1 aromatic carbocycles. The number of rotatable bonds is 5. The predicted octanol–water partition coefficient (Wildman–Crippen LogP) is 3.74. The van der Waals surface area contributed by atoms with Gasteiger partial charge in [0.25, 0.3) is 0 Å². The average Bonchev–Trinajstić information content (AvgIpc) is 3.54. The zero-order valence-corrected chi connectivity index (χ0v) is 21.9. The van der Waals surface area contributed by atoms with Crippen molar-refractivity contribution < 1.29 is 9.53 Å². The average molecular weight is 502 g/mol. The van der Waals surface area contributed by atoms with Gasteiger partial charge in [0.15, 0.2) is 5.65 Å². The molecular formula is C28H35N7O2. The number of hydrogen-bond acceptors (Lipinski definition) is 6. The van der Waals surface area contributed by atoms with Crippen molar-refractivity contribution in [3.05, 3.63) is 47.2 Å². The summed E-state index contributed by atoms with van der Waals surface area (Å²) in [5.41, 5.74) is 7.88. The normalized spacial score (nSPS) is 17.9. The smallest absolute Gasteiger partial charge is 0.236 e. The second-order valence-corrected chi connectivity index (χ2v) is 10.8. The number of nitrogens with one attached hydrogen (secondary N) is 1. The Morgan fingerprint density at radius 3 is 2.68 bits per heavy atom. The number of amides is 1. The fraction of sp³-hybridized carbons (Fsp3) is 0.500. The number of morpholine rings is 1. The van der Waals surface area contributed by atoms with Gasteiger partial charge in [-0.3, -0.25) is 9.69 Å². The third-order valence-electron chi connectivity index (χ3n) is 7.99. The van der Waals surface area contributed by atoms with Crippen LogP contribution in [0.5, 0.6) is 0 Å². The van der Waals surface area contributed by atoms with E-state index in [-0.39, 0.29) is 5.91 Å². The van der Waals surface area contributed by atoms with Crippen molar-refractivity contribution in [3.63, 3.8) is 0 Å². The minimum atomic E-state index is 0.253. The number of aromatic nitrogens is 5. The van der Waals surface area contributed by atoms with E-state index in [4.69, 9.17) is 4.74 Å². The number of likely N-dealkylation sites (tertiary alicyclic amines) is 1. The maximum absolute atomic E-state index is 12.9. The molecule has 6 rings (SSSR count). The van der Waals surface area contributed by atoms with Crippen LogP contribution >= 0.6 is 0 Å². The Labute approximate surface area is 216 Å². The molecule has 0 aliphatic carbocycles. The SMILES string of the molecule is Cc1cc(-c2[nH]c3ccc(C4CCN(C(=O)CN5CCOCC5)CC4)cc3c2C(C)C)cn2nnnc12. The third kappa shape index (κ3) is 4.62. The molecule has 3 aromatic heterocycles. The van der Waals surface area contributed by atoms with E-state index in [1.165, 1.54) is 16.5 Å². The minimum absolute atomic E-state index is 0.253. The van der Waals surface area contributed by atoms with Crippen molar-refractivity contribution in [2.75, 3.05) is 45.9 Å². The highest BCUT2D eigenvalue weighted by Crippen LogP contribution is 2.38. The van der Waals surface area contributed by atoms with Crippen LogP contribution in [0.15, 0.2) is 30.5 Å². The summed E-state index contributed by atoms with van der Waals surface area (Å²) in [6, 6.07) is 9.02. The van der Waals surface area contributed by atoms with Gasteiger partial charge in [-0.2, -0.15) is 4.52 Å². The molecule has 0 radical (unpaired) electrons. The number of H-pyrrole nitrogens is 1. The first kappa shape index (κ1) is 24.1. The number of aromatic amines is 1. The van der Waals surface area contributed by atoms with E-state index in [0.29, 0.717) is 18.4 Å². The van der Waals surface area contributed by atoms with Gasteiger partial charge < -0.3 is 14.6 Å². The van der Waals surface area contributed by atoms with Gasteiger partial charge in [0.1, 0.15) is 0 Å². The number of fused-ring (bicyclic) bond motifs is 2. The zero-order chi connectivity index (χ0) is 25.5. The molecule has 0 bridgehead atoms. The molecule has 37 heavy (non-hydrogen) atoms. The van der Waals surface area contributed by atoms with Crippen LogP contribution in [-0.4, -0.2) is 86.7 Å². The largest absolute Gasteiger partial charge is 0.379 e. The molecule has 2 saturated heterocycles. The lowest BCUT2D eigenvalue weighted by Crippen LogP contribution is -2.46. The van der Waals surface area contributed by atoms with Gasteiger partial charge >= 0.3 is 0 Å². The topological polar surface area (TPSA) is 91.7 Å². The maximum Gasteiger partial charge on any atom is 0.236 e. The van der Waals surface area contributed by atoms with Gasteiger partial charge in [-0.1, -0.05) is 19.9 Å². The standard InChI is InChI=1S/C28H35N7O2/c1-18(2)26-23-15-21(20-6-8-34(9-7-20)25(36)17-33-10-12-37-13-11-33)4-5-24(23)29-27(26)22-14-19(3)28-30-31-32-35(28)16-22/h4-5,14-16,18,20,29H,6-13,17H2,1-3H3. The van der Waals surface area contributed by atoms with Crippen LogP contribution < -0.4 is 0 Å². The summed E-state index contributed by atoms with van der Waals surface area (Å²) in [4.78, 5) is 20.8. The van der Waals surface area contributed by atoms with Crippen LogP contribution in [0.25, 0.3) is 27.8 Å². The first-order valence-corrected chi connectivity index (χ1v) is 13.4. The summed E-state index contributed by atoms with van der Waals surface area (Å²) >= 11 is 0. The van der Waals surface area contributed by atoms with Crippen LogP contribution in [0, 0.1) is 6.92 Å². The summed E-state index contributed by atoms with van der Waals surface area (Å²) in [6.07, 6.45) is 4.01. The second-order valence-electron chi connectivity index (χ2n) is 10.8. The van der Waals surface area contributed by atoms with Crippen LogP contribution in [0.1, 0.15) is 55.2 Å². The molecule has 0 saturated carbocycles. The lowest BCUT2D eigenvalue weighted by molar-refractivity contribution is -0.134. The molecule has 1 amide bonds. The summed E-state index contributed by atoms with van der Waals surface area (Å²) in [5, 5.41) is 13.4. The van der Waals surface area contributed by atoms with Gasteiger partial charge in [-0.25, -0.2) is 0 Å². The number of benzene rings is 1. The van der Waals surface area contributed by atoms with E-state index in [0.717, 1.165) is 80.2 Å². The highest BCUT2D eigenvalue weighted by molar-refractivity contribution is 5.92. The summed E-state index contributed by atoms with van der Waals surface area (Å²) in [6.45, 7) is 11.9. The van der Waals surface area contributed by atoms with E-state index < -0.39 is 0 Å². The van der Waals surface area contributed by atoms with Gasteiger partial charge in [0.2, 0.25) is 5.91 Å². The lowest BCUT2D eigenvalue weighted by atomic mass is 9.87. The van der Waals surface area contributed by atoms with Gasteiger partial charge in [-0.15, -0.1) is 5.10 Å². The van der Waals surface area contributed by atoms with E-state index >= 15 is 0 Å². The molecular weight excluding hydrogens is 466 g/mol. The molecule has 194 valence electrons. The summed E-state index contributed by atoms with van der Waals surface area (Å²) < 4.78 is 7.16. The van der Waals surface area contributed by atoms with E-state index in [1.807, 2.05) is 13.1 Å². The minimum Gasteiger partial charge on any atom is -0.379 e. The predicted molar refractivity (Wildman–Crippen MR) is 143 cm³/mol. The van der Waals surface area contributed by atoms with Gasteiger partial charge in [0.05, 0.1) is 25.5 Å². The first-order chi connectivity index (χ1) is 18.0. The number of carbonyl (C=O) groups is 1. The molecule has 9 heteroatoms. The number of pyridine rings is 1. The Bertz CT molecular complexity index is 1430. The van der Waals surface area contributed by atoms with Crippen molar-refractivity contribution in [2.45, 2.75) is 45.4 Å². The number of piperidine rings is 1. The Morgan fingerprint density at radius 2 is 1.92 bits per heavy atom. The van der Waals surface area contributed by atoms with Gasteiger partial charge in [0, 0.05) is 48.8 Å². The Kier molecular flexibility index (Phi) is 6.42.